The molecule has 0 aliphatic carbocycles. The number of esters is 2. The van der Waals surface area contributed by atoms with Gasteiger partial charge in [-0.1, -0.05) is 448 Å². The number of likely N-dealkylation sites (N-methyl/N-ethyl adjacent to an activating group) is 1. The summed E-state index contributed by atoms with van der Waals surface area (Å²) in [5.74, 6) is -1.97. The summed E-state index contributed by atoms with van der Waals surface area (Å²) < 4.78 is 23.1. The molecular formula is C92H174NO8+. The van der Waals surface area contributed by atoms with E-state index in [0.717, 1.165) is 64.2 Å². The molecule has 0 spiro atoms. The van der Waals surface area contributed by atoms with E-state index in [1.807, 2.05) is 21.1 Å². The maximum absolute atomic E-state index is 13.0. The van der Waals surface area contributed by atoms with Crippen molar-refractivity contribution in [1.29, 1.82) is 0 Å². The van der Waals surface area contributed by atoms with Crippen molar-refractivity contribution < 1.29 is 42.9 Å². The number of carboxylic acids is 1. The second-order valence-corrected chi connectivity index (χ2v) is 31.9. The number of carboxylic acid groups (broad SMARTS) is 1. The highest BCUT2D eigenvalue weighted by atomic mass is 16.7. The predicted molar refractivity (Wildman–Crippen MR) is 438 cm³/mol. The van der Waals surface area contributed by atoms with Gasteiger partial charge in [-0.15, -0.1) is 0 Å². The third-order valence-corrected chi connectivity index (χ3v) is 20.6. The Balaban J connectivity index is 3.88. The van der Waals surface area contributed by atoms with Gasteiger partial charge in [0.2, 0.25) is 0 Å². The third kappa shape index (κ3) is 84.4. The minimum Gasteiger partial charge on any atom is -0.477 e. The zero-order chi connectivity index (χ0) is 73.2. The Morgan fingerprint density at radius 2 is 0.564 bits per heavy atom. The molecule has 0 bridgehead atoms. The van der Waals surface area contributed by atoms with Gasteiger partial charge in [0.25, 0.3) is 6.29 Å². The molecule has 101 heavy (non-hydrogen) atoms. The van der Waals surface area contributed by atoms with Crippen molar-refractivity contribution in [3.05, 3.63) is 48.6 Å². The summed E-state index contributed by atoms with van der Waals surface area (Å²) in [7, 11) is 6.00. The maximum Gasteiger partial charge on any atom is 0.361 e. The molecule has 0 fully saturated rings. The second kappa shape index (κ2) is 82.9. The molecule has 0 radical (unpaired) electrons. The fourth-order valence-electron chi connectivity index (χ4n) is 13.8. The lowest BCUT2D eigenvalue weighted by molar-refractivity contribution is -0.870. The molecule has 0 aromatic carbocycles. The van der Waals surface area contributed by atoms with E-state index in [1.54, 1.807) is 0 Å². The minimum atomic E-state index is -1.51. The molecule has 0 rings (SSSR count). The van der Waals surface area contributed by atoms with E-state index in [1.165, 1.54) is 372 Å². The molecule has 0 aliphatic heterocycles. The Kier molecular flexibility index (Phi) is 80.6. The van der Waals surface area contributed by atoms with Crippen LogP contribution in [0.3, 0.4) is 0 Å². The van der Waals surface area contributed by atoms with Crippen LogP contribution < -0.4 is 0 Å². The fraction of sp³-hybridized carbons (Fsp3) is 0.880. The first-order chi connectivity index (χ1) is 49.6. The second-order valence-electron chi connectivity index (χ2n) is 31.9. The van der Waals surface area contributed by atoms with Gasteiger partial charge in [-0.2, -0.15) is 0 Å². The molecule has 594 valence electrons. The van der Waals surface area contributed by atoms with E-state index < -0.39 is 18.4 Å². The molecular weight excluding hydrogens is 1250 g/mol. The molecule has 0 amide bonds. The van der Waals surface area contributed by atoms with Crippen LogP contribution in [0.2, 0.25) is 0 Å². The summed E-state index contributed by atoms with van der Waals surface area (Å²) in [6.07, 6.45) is 108. The Hall–Kier alpha value is -2.75. The fourth-order valence-corrected chi connectivity index (χ4v) is 13.8. The molecule has 2 unspecified atom stereocenters. The van der Waals surface area contributed by atoms with Gasteiger partial charge in [-0.3, -0.25) is 9.59 Å². The number of quaternary nitrogens is 1. The summed E-state index contributed by atoms with van der Waals surface area (Å²) in [6.45, 7) is 4.85. The van der Waals surface area contributed by atoms with E-state index in [0.29, 0.717) is 17.4 Å². The number of rotatable bonds is 85. The number of allylic oxidation sites excluding steroid dienone is 8. The first-order valence-corrected chi connectivity index (χ1v) is 44.8. The van der Waals surface area contributed by atoms with Crippen LogP contribution in [0.4, 0.5) is 0 Å². The van der Waals surface area contributed by atoms with Crippen molar-refractivity contribution in [2.45, 2.75) is 476 Å². The van der Waals surface area contributed by atoms with E-state index in [4.69, 9.17) is 18.9 Å². The normalized spacial score (nSPS) is 12.8. The summed E-state index contributed by atoms with van der Waals surface area (Å²) >= 11 is 0. The topological polar surface area (TPSA) is 108 Å². The molecule has 0 aromatic heterocycles. The van der Waals surface area contributed by atoms with Gasteiger partial charge in [0.1, 0.15) is 13.2 Å². The number of hydrogen-bond acceptors (Lipinski definition) is 7. The predicted octanol–water partition coefficient (Wildman–Crippen LogP) is 29.2. The number of hydrogen-bond donors (Lipinski definition) is 1. The average molecular weight is 1420 g/mol. The molecule has 0 saturated carbocycles. The monoisotopic (exact) mass is 1420 g/mol. The SMILES string of the molecule is CC/C=C\C/C=C\C/C=C\C/C=C\CCCCCCCCCCCCCCCCCCCCCCCCC(=O)OC(COC(=O)CCCCCCCCCCCCCCCCCCCCCCCCCCCCCCCCCCCCCCCCCCC)COC(OCC[N+](C)(C)C)C(=O)O. The van der Waals surface area contributed by atoms with Crippen molar-refractivity contribution in [2.24, 2.45) is 0 Å². The maximum atomic E-state index is 13.0. The van der Waals surface area contributed by atoms with Gasteiger partial charge in [0.15, 0.2) is 6.10 Å². The van der Waals surface area contributed by atoms with E-state index in [-0.39, 0.29) is 38.2 Å². The Labute approximate surface area is 629 Å². The lowest BCUT2D eigenvalue weighted by Gasteiger charge is -2.25. The zero-order valence-corrected chi connectivity index (χ0v) is 68.4. The summed E-state index contributed by atoms with van der Waals surface area (Å²) in [5.41, 5.74) is 0. The van der Waals surface area contributed by atoms with Crippen LogP contribution in [0, 0.1) is 0 Å². The molecule has 0 aromatic rings. The molecule has 2 atom stereocenters. The first kappa shape index (κ1) is 98.2. The first-order valence-electron chi connectivity index (χ1n) is 44.8. The highest BCUT2D eigenvalue weighted by molar-refractivity contribution is 5.71. The smallest absolute Gasteiger partial charge is 0.361 e. The highest BCUT2D eigenvalue weighted by Crippen LogP contribution is 2.21. The minimum absolute atomic E-state index is 0.175. The average Bonchev–Trinajstić information content (AvgIpc) is 1.25. The van der Waals surface area contributed by atoms with Gasteiger partial charge >= 0.3 is 17.9 Å². The molecule has 9 nitrogen and oxygen atoms in total. The van der Waals surface area contributed by atoms with Crippen molar-refractivity contribution in [3.63, 3.8) is 0 Å². The number of unbranched alkanes of at least 4 members (excludes halogenated alkanes) is 62. The molecule has 0 heterocycles. The number of ether oxygens (including phenoxy) is 4. The van der Waals surface area contributed by atoms with E-state index in [2.05, 4.69) is 62.5 Å². The molecule has 0 saturated heterocycles. The van der Waals surface area contributed by atoms with Crippen molar-refractivity contribution >= 4 is 17.9 Å². The molecule has 1 N–H and O–H groups in total. The quantitative estimate of drug-likeness (QED) is 0.0211. The standard InChI is InChI=1S/C92H173NO8/c1-6-8-10-12-14-16-18-20-22-24-26-28-30-32-34-36-38-40-42-43-44-45-46-47-49-50-52-54-56-58-60-62-64-66-68-70-72-74-76-78-80-82-89(94)99-86-88(87-100-92(91(96)97)98-85-84-93(3,4)5)101-90(95)83-81-79-77-75-73-71-69-67-65-63-61-59-57-55-53-51-48-41-39-37-35-33-31-29-27-25-23-21-19-17-15-13-11-9-7-2/h9,11,15,17,21,23,27,29,88,92H,6-8,10,12-14,16,18-20,22,24-26,28,30-87H2,1-5H3/p+1/b11-9-,17-15-,23-21-,29-27-. The van der Waals surface area contributed by atoms with E-state index in [9.17, 15) is 19.5 Å². The van der Waals surface area contributed by atoms with Gasteiger partial charge in [-0.25, -0.2) is 4.79 Å². The summed E-state index contributed by atoms with van der Waals surface area (Å²) in [6, 6.07) is 0. The lowest BCUT2D eigenvalue weighted by Crippen LogP contribution is -2.40. The van der Waals surface area contributed by atoms with Gasteiger partial charge in [0, 0.05) is 12.8 Å². The van der Waals surface area contributed by atoms with Gasteiger partial charge in [0.05, 0.1) is 34.4 Å². The number of carbonyl (C=O) groups excluding carboxylic acids is 2. The van der Waals surface area contributed by atoms with Crippen molar-refractivity contribution in [3.8, 4) is 0 Å². The Morgan fingerprint density at radius 3 is 0.842 bits per heavy atom. The van der Waals surface area contributed by atoms with Gasteiger partial charge in [-0.05, 0) is 51.4 Å². The number of aliphatic carboxylic acids is 1. The highest BCUT2D eigenvalue weighted by Gasteiger charge is 2.25. The molecule has 9 heteroatoms. The Morgan fingerprint density at radius 1 is 0.307 bits per heavy atom. The number of nitrogens with zero attached hydrogens (tertiary/aromatic N) is 1. The third-order valence-electron chi connectivity index (χ3n) is 20.6. The molecule has 0 aliphatic rings. The van der Waals surface area contributed by atoms with Crippen LogP contribution >= 0.6 is 0 Å². The van der Waals surface area contributed by atoms with Crippen LogP contribution in [0.1, 0.15) is 463 Å². The van der Waals surface area contributed by atoms with E-state index >= 15 is 0 Å². The van der Waals surface area contributed by atoms with Gasteiger partial charge < -0.3 is 28.5 Å². The largest absolute Gasteiger partial charge is 0.477 e. The van der Waals surface area contributed by atoms with Crippen LogP contribution in [-0.4, -0.2) is 87.4 Å². The summed E-state index contributed by atoms with van der Waals surface area (Å²) in [4.78, 5) is 37.8. The summed E-state index contributed by atoms with van der Waals surface area (Å²) in [5, 5.41) is 9.79. The van der Waals surface area contributed by atoms with Crippen molar-refractivity contribution in [1.82, 2.24) is 0 Å². The van der Waals surface area contributed by atoms with Crippen LogP contribution in [0.5, 0.6) is 0 Å². The zero-order valence-electron chi connectivity index (χ0n) is 68.4. The number of carbonyl (C=O) groups is 3. The van der Waals surface area contributed by atoms with Crippen LogP contribution in [-0.2, 0) is 33.3 Å². The van der Waals surface area contributed by atoms with Crippen LogP contribution in [0.15, 0.2) is 48.6 Å². The van der Waals surface area contributed by atoms with Crippen LogP contribution in [0.25, 0.3) is 0 Å². The van der Waals surface area contributed by atoms with Crippen molar-refractivity contribution in [2.75, 3.05) is 47.5 Å². The lowest BCUT2D eigenvalue weighted by atomic mass is 10.0. The Bertz CT molecular complexity index is 1800.